The van der Waals surface area contributed by atoms with Gasteiger partial charge in [-0.2, -0.15) is 0 Å². The van der Waals surface area contributed by atoms with Crippen molar-refractivity contribution in [1.82, 2.24) is 0 Å². The minimum Gasteiger partial charge on any atom is -0.328 e. The zero-order chi connectivity index (χ0) is 12.6. The van der Waals surface area contributed by atoms with Gasteiger partial charge in [0.05, 0.1) is 4.90 Å². The van der Waals surface area contributed by atoms with Crippen LogP contribution in [0.3, 0.4) is 0 Å². The van der Waals surface area contributed by atoms with Crippen molar-refractivity contribution < 1.29 is 13.2 Å². The van der Waals surface area contributed by atoms with Crippen LogP contribution < -0.4 is 5.73 Å². The molecule has 0 bridgehead atoms. The third-order valence-corrected chi connectivity index (χ3v) is 4.24. The lowest BCUT2D eigenvalue weighted by atomic mass is 9.76. The maximum absolute atomic E-state index is 11.9. The number of hydrogen-bond donors (Lipinski definition) is 1. The molecule has 1 fully saturated rings. The number of rotatable bonds is 3. The van der Waals surface area contributed by atoms with Gasteiger partial charge in [-0.05, 0) is 25.0 Å². The predicted octanol–water partition coefficient (Wildman–Crippen LogP) is 1.01. The molecule has 1 aliphatic rings. The Hall–Kier alpha value is -1.20. The first-order chi connectivity index (χ1) is 7.88. The molecule has 2 N–H and O–H groups in total. The van der Waals surface area contributed by atoms with E-state index in [0.717, 1.165) is 19.1 Å². The molecule has 0 saturated heterocycles. The van der Waals surface area contributed by atoms with Gasteiger partial charge in [-0.3, -0.25) is 4.79 Å². The van der Waals surface area contributed by atoms with E-state index in [4.69, 9.17) is 5.73 Å². The van der Waals surface area contributed by atoms with Gasteiger partial charge in [-0.1, -0.05) is 12.1 Å². The van der Waals surface area contributed by atoms with Gasteiger partial charge in [0.15, 0.2) is 15.6 Å². The van der Waals surface area contributed by atoms with Crippen LogP contribution in [0.1, 0.15) is 23.2 Å². The molecule has 0 aliphatic heterocycles. The van der Waals surface area contributed by atoms with Gasteiger partial charge in [-0.15, -0.1) is 0 Å². The second-order valence-corrected chi connectivity index (χ2v) is 6.60. The van der Waals surface area contributed by atoms with Gasteiger partial charge in [0.1, 0.15) is 0 Å². The molecule has 0 amide bonds. The third kappa shape index (κ3) is 2.56. The second-order valence-electron chi connectivity index (χ2n) is 4.59. The van der Waals surface area contributed by atoms with Crippen molar-refractivity contribution in [3.63, 3.8) is 0 Å². The number of nitrogens with two attached hydrogens (primary N) is 1. The van der Waals surface area contributed by atoms with Crippen LogP contribution in [0.5, 0.6) is 0 Å². The lowest BCUT2D eigenvalue weighted by Crippen LogP contribution is -2.40. The number of Topliss-reactive ketones (excluding diaryl/α,β-unsaturated/α-hetero) is 1. The molecule has 1 saturated carbocycles. The van der Waals surface area contributed by atoms with E-state index in [0.29, 0.717) is 5.56 Å². The average molecular weight is 253 g/mol. The van der Waals surface area contributed by atoms with Crippen LogP contribution >= 0.6 is 0 Å². The number of carbonyl (C=O) groups is 1. The number of carbonyl (C=O) groups excluding carboxylic acids is 1. The molecule has 1 aromatic rings. The number of hydrogen-bond acceptors (Lipinski definition) is 4. The summed E-state index contributed by atoms with van der Waals surface area (Å²) in [4.78, 5) is 12.2. The molecule has 4 nitrogen and oxygen atoms in total. The molecular weight excluding hydrogens is 238 g/mol. The van der Waals surface area contributed by atoms with Gasteiger partial charge >= 0.3 is 0 Å². The summed E-state index contributed by atoms with van der Waals surface area (Å²) in [7, 11) is -3.20. The minimum atomic E-state index is -3.20. The number of benzene rings is 1. The Morgan fingerprint density at radius 3 is 2.18 bits per heavy atom. The van der Waals surface area contributed by atoms with E-state index >= 15 is 0 Å². The quantitative estimate of drug-likeness (QED) is 0.815. The van der Waals surface area contributed by atoms with E-state index in [2.05, 4.69) is 0 Å². The van der Waals surface area contributed by atoms with E-state index < -0.39 is 9.84 Å². The maximum Gasteiger partial charge on any atom is 0.175 e. The fourth-order valence-electron chi connectivity index (χ4n) is 1.98. The molecular formula is C12H15NO3S. The molecule has 0 radical (unpaired) electrons. The molecule has 0 atom stereocenters. The smallest absolute Gasteiger partial charge is 0.175 e. The fraction of sp³-hybridized carbons (Fsp3) is 0.417. The van der Waals surface area contributed by atoms with Crippen LogP contribution in [-0.2, 0) is 9.84 Å². The van der Waals surface area contributed by atoms with Gasteiger partial charge < -0.3 is 5.73 Å². The SMILES string of the molecule is CS(=O)(=O)c1ccc(C(=O)C2CC(N)C2)cc1. The summed E-state index contributed by atoms with van der Waals surface area (Å²) in [5, 5.41) is 0. The van der Waals surface area contributed by atoms with Crippen molar-refractivity contribution in [1.29, 1.82) is 0 Å². The molecule has 1 aliphatic carbocycles. The Balaban J connectivity index is 2.16. The summed E-state index contributed by atoms with van der Waals surface area (Å²) < 4.78 is 22.5. The van der Waals surface area contributed by atoms with Gasteiger partial charge in [0.25, 0.3) is 0 Å². The van der Waals surface area contributed by atoms with Crippen LogP contribution in [0.15, 0.2) is 29.2 Å². The molecule has 0 spiro atoms. The van der Waals surface area contributed by atoms with E-state index in [9.17, 15) is 13.2 Å². The Morgan fingerprint density at radius 1 is 1.24 bits per heavy atom. The van der Waals surface area contributed by atoms with Crippen LogP contribution in [0.25, 0.3) is 0 Å². The van der Waals surface area contributed by atoms with Gasteiger partial charge in [0, 0.05) is 23.8 Å². The summed E-state index contributed by atoms with van der Waals surface area (Å²) in [5.74, 6) is 0.0702. The number of ketones is 1. The first-order valence-corrected chi connectivity index (χ1v) is 7.37. The second kappa shape index (κ2) is 4.23. The van der Waals surface area contributed by atoms with E-state index in [1.807, 2.05) is 0 Å². The zero-order valence-electron chi connectivity index (χ0n) is 9.59. The Morgan fingerprint density at radius 2 is 1.76 bits per heavy atom. The van der Waals surface area contributed by atoms with Crippen molar-refractivity contribution in [2.24, 2.45) is 11.7 Å². The maximum atomic E-state index is 11.9. The highest BCUT2D eigenvalue weighted by Gasteiger charge is 2.32. The van der Waals surface area contributed by atoms with E-state index in [1.165, 1.54) is 12.1 Å². The van der Waals surface area contributed by atoms with Crippen molar-refractivity contribution in [2.45, 2.75) is 23.8 Å². The minimum absolute atomic E-state index is 0.00841. The Kier molecular flexibility index (Phi) is 3.05. The van der Waals surface area contributed by atoms with Crippen LogP contribution in [0, 0.1) is 5.92 Å². The monoisotopic (exact) mass is 253 g/mol. The summed E-state index contributed by atoms with van der Waals surface area (Å²) in [6.45, 7) is 0. The largest absolute Gasteiger partial charge is 0.328 e. The predicted molar refractivity (Wildman–Crippen MR) is 64.6 cm³/mol. The summed E-state index contributed by atoms with van der Waals surface area (Å²) >= 11 is 0. The van der Waals surface area contributed by atoms with Crippen molar-refractivity contribution >= 4 is 15.6 Å². The highest BCUT2D eigenvalue weighted by Crippen LogP contribution is 2.29. The molecule has 1 aromatic carbocycles. The first-order valence-electron chi connectivity index (χ1n) is 5.48. The number of sulfone groups is 1. The van der Waals surface area contributed by atoms with Crippen LogP contribution in [0.2, 0.25) is 0 Å². The normalized spacial score (nSPS) is 24.1. The molecule has 0 unspecified atom stereocenters. The zero-order valence-corrected chi connectivity index (χ0v) is 10.4. The summed E-state index contributed by atoms with van der Waals surface area (Å²) in [5.41, 5.74) is 6.20. The van der Waals surface area contributed by atoms with Gasteiger partial charge in [0.2, 0.25) is 0 Å². The van der Waals surface area contributed by atoms with Crippen molar-refractivity contribution in [2.75, 3.05) is 6.26 Å². The Bertz CT molecular complexity index is 527. The highest BCUT2D eigenvalue weighted by molar-refractivity contribution is 7.90. The van der Waals surface area contributed by atoms with E-state index in [-0.39, 0.29) is 22.6 Å². The fourth-order valence-corrected chi connectivity index (χ4v) is 2.61. The highest BCUT2D eigenvalue weighted by atomic mass is 32.2. The van der Waals surface area contributed by atoms with Crippen molar-refractivity contribution in [3.05, 3.63) is 29.8 Å². The molecule has 5 heteroatoms. The van der Waals surface area contributed by atoms with E-state index in [1.54, 1.807) is 12.1 Å². The molecule has 0 heterocycles. The van der Waals surface area contributed by atoms with Gasteiger partial charge in [-0.25, -0.2) is 8.42 Å². The lowest BCUT2D eigenvalue weighted by Gasteiger charge is -2.31. The molecule has 92 valence electrons. The summed E-state index contributed by atoms with van der Waals surface area (Å²) in [6, 6.07) is 6.23. The Labute approximate surface area is 101 Å². The topological polar surface area (TPSA) is 77.2 Å². The summed E-state index contributed by atoms with van der Waals surface area (Å²) in [6.07, 6.45) is 2.61. The third-order valence-electron chi connectivity index (χ3n) is 3.11. The molecule has 2 rings (SSSR count). The molecule has 17 heavy (non-hydrogen) atoms. The lowest BCUT2D eigenvalue weighted by molar-refractivity contribution is 0.0832. The standard InChI is InChI=1S/C12H15NO3S/c1-17(15,16)11-4-2-8(3-5-11)12(14)9-6-10(13)7-9/h2-5,9-10H,6-7,13H2,1H3. The van der Waals surface area contributed by atoms with Crippen LogP contribution in [0.4, 0.5) is 0 Å². The first kappa shape index (κ1) is 12.3. The van der Waals surface area contributed by atoms with Crippen LogP contribution in [-0.4, -0.2) is 26.5 Å². The average Bonchev–Trinajstić information content (AvgIpc) is 2.23. The van der Waals surface area contributed by atoms with Crippen molar-refractivity contribution in [3.8, 4) is 0 Å². The molecule has 0 aromatic heterocycles.